The fourth-order valence-electron chi connectivity index (χ4n) is 1.97. The molecule has 0 radical (unpaired) electrons. The number of aromatic nitrogens is 4. The van der Waals surface area contributed by atoms with Gasteiger partial charge in [0.2, 0.25) is 11.5 Å². The van der Waals surface area contributed by atoms with E-state index in [1.807, 2.05) is 0 Å². The number of rotatable bonds is 6. The molecular weight excluding hydrogens is 421 g/mol. The van der Waals surface area contributed by atoms with Gasteiger partial charge in [0.25, 0.3) is 5.88 Å². The van der Waals surface area contributed by atoms with Crippen LogP contribution in [0.5, 0.6) is 5.88 Å². The molecule has 0 aliphatic heterocycles. The highest BCUT2D eigenvalue weighted by atomic mass is 79.9. The summed E-state index contributed by atoms with van der Waals surface area (Å²) in [7, 11) is 0. The molecule has 2 aromatic heterocycles. The number of hydrogen-bond donors (Lipinski definition) is 2. The number of benzene rings is 1. The number of ether oxygens (including phenoxy) is 1. The van der Waals surface area contributed by atoms with Gasteiger partial charge in [-0.2, -0.15) is 0 Å². The summed E-state index contributed by atoms with van der Waals surface area (Å²) in [5.41, 5.74) is 0.202. The standard InChI is InChI=1S/C13H9BrFN5O6/c14-7-5-6(1-2-8(7)15)20-10(18-25-13(20)23)9-11(19-26-17-9)24-4-3-16-12(21)22/h1-2,5,16H,3-4H2,(H,21,22). The molecule has 0 saturated heterocycles. The zero-order valence-electron chi connectivity index (χ0n) is 12.7. The molecule has 3 aromatic rings. The lowest BCUT2D eigenvalue weighted by Gasteiger charge is -2.05. The number of nitrogens with zero attached hydrogens (tertiary/aromatic N) is 4. The van der Waals surface area contributed by atoms with Gasteiger partial charge in [-0.05, 0) is 44.4 Å². The Morgan fingerprint density at radius 2 is 2.19 bits per heavy atom. The lowest BCUT2D eigenvalue weighted by atomic mass is 10.3. The van der Waals surface area contributed by atoms with Gasteiger partial charge in [0.15, 0.2) is 0 Å². The summed E-state index contributed by atoms with van der Waals surface area (Å²) in [6, 6.07) is 3.84. The van der Waals surface area contributed by atoms with E-state index in [0.29, 0.717) is 0 Å². The van der Waals surface area contributed by atoms with Crippen molar-refractivity contribution >= 4 is 22.0 Å². The number of halogens is 2. The second kappa shape index (κ2) is 7.35. The van der Waals surface area contributed by atoms with E-state index in [4.69, 9.17) is 9.84 Å². The minimum Gasteiger partial charge on any atom is -0.472 e. The van der Waals surface area contributed by atoms with E-state index in [-0.39, 0.29) is 40.7 Å². The van der Waals surface area contributed by atoms with E-state index in [0.717, 1.165) is 10.6 Å². The van der Waals surface area contributed by atoms with Gasteiger partial charge >= 0.3 is 11.8 Å². The number of carbonyl (C=O) groups is 1. The zero-order chi connectivity index (χ0) is 18.7. The van der Waals surface area contributed by atoms with Crippen molar-refractivity contribution in [2.24, 2.45) is 0 Å². The first kappa shape index (κ1) is 17.6. The predicted molar refractivity (Wildman–Crippen MR) is 84.6 cm³/mol. The quantitative estimate of drug-likeness (QED) is 0.555. The average molecular weight is 430 g/mol. The van der Waals surface area contributed by atoms with Crippen LogP contribution in [0.4, 0.5) is 9.18 Å². The predicted octanol–water partition coefficient (Wildman–Crippen LogP) is 1.42. The van der Waals surface area contributed by atoms with Crippen LogP contribution in [0.2, 0.25) is 0 Å². The fourth-order valence-corrected chi connectivity index (χ4v) is 2.34. The highest BCUT2D eigenvalue weighted by Gasteiger charge is 2.24. The summed E-state index contributed by atoms with van der Waals surface area (Å²) >= 11 is 3.03. The summed E-state index contributed by atoms with van der Waals surface area (Å²) < 4.78 is 29.1. The van der Waals surface area contributed by atoms with Crippen LogP contribution in [0, 0.1) is 5.82 Å². The minimum atomic E-state index is -1.21. The third-order valence-electron chi connectivity index (χ3n) is 3.05. The van der Waals surface area contributed by atoms with Crippen molar-refractivity contribution in [2.45, 2.75) is 0 Å². The monoisotopic (exact) mass is 429 g/mol. The van der Waals surface area contributed by atoms with Crippen molar-refractivity contribution in [1.29, 1.82) is 0 Å². The van der Waals surface area contributed by atoms with Gasteiger partial charge in [-0.25, -0.2) is 23.2 Å². The molecule has 0 aliphatic rings. The van der Waals surface area contributed by atoms with Gasteiger partial charge in [-0.15, -0.1) is 0 Å². The second-order valence-electron chi connectivity index (χ2n) is 4.70. The maximum Gasteiger partial charge on any atom is 0.446 e. The molecule has 0 unspecified atom stereocenters. The molecule has 136 valence electrons. The Balaban J connectivity index is 1.92. The molecule has 0 atom stereocenters. The molecule has 1 aromatic carbocycles. The van der Waals surface area contributed by atoms with Gasteiger partial charge in [0.05, 0.1) is 16.7 Å². The highest BCUT2D eigenvalue weighted by Crippen LogP contribution is 2.27. The molecule has 3 rings (SSSR count). The molecule has 0 saturated carbocycles. The number of amides is 1. The maximum atomic E-state index is 13.4. The summed E-state index contributed by atoms with van der Waals surface area (Å²) in [5.74, 6) is -1.57. The van der Waals surface area contributed by atoms with E-state index in [2.05, 4.69) is 45.9 Å². The Hall–Kier alpha value is -3.22. The lowest BCUT2D eigenvalue weighted by Crippen LogP contribution is -2.26. The summed E-state index contributed by atoms with van der Waals surface area (Å²) in [6.07, 6.45) is -1.21. The topological polar surface area (TPSA) is 146 Å². The first-order chi connectivity index (χ1) is 12.5. The smallest absolute Gasteiger partial charge is 0.446 e. The molecule has 2 N–H and O–H groups in total. The van der Waals surface area contributed by atoms with E-state index in [9.17, 15) is 14.0 Å². The van der Waals surface area contributed by atoms with E-state index in [1.54, 1.807) is 0 Å². The van der Waals surface area contributed by atoms with Crippen molar-refractivity contribution in [3.63, 3.8) is 0 Å². The van der Waals surface area contributed by atoms with Gasteiger partial charge in [-0.1, -0.05) is 5.16 Å². The molecule has 2 heterocycles. The largest absolute Gasteiger partial charge is 0.472 e. The van der Waals surface area contributed by atoms with E-state index in [1.165, 1.54) is 12.1 Å². The average Bonchev–Trinajstić information content (AvgIpc) is 3.20. The molecule has 11 nitrogen and oxygen atoms in total. The first-order valence-electron chi connectivity index (χ1n) is 6.94. The van der Waals surface area contributed by atoms with Crippen molar-refractivity contribution in [3.05, 3.63) is 39.0 Å². The van der Waals surface area contributed by atoms with Gasteiger partial charge in [0.1, 0.15) is 12.4 Å². The minimum absolute atomic E-state index is 0.0157. The number of hydrogen-bond acceptors (Lipinski definition) is 8. The Morgan fingerprint density at radius 3 is 2.92 bits per heavy atom. The Morgan fingerprint density at radius 1 is 1.38 bits per heavy atom. The normalized spacial score (nSPS) is 10.7. The molecule has 0 fully saturated rings. The molecule has 0 bridgehead atoms. The highest BCUT2D eigenvalue weighted by molar-refractivity contribution is 9.10. The summed E-state index contributed by atoms with van der Waals surface area (Å²) in [5, 5.41) is 21.4. The number of nitrogens with one attached hydrogen (secondary N) is 1. The van der Waals surface area contributed by atoms with Crippen LogP contribution in [-0.2, 0) is 0 Å². The molecule has 0 aliphatic carbocycles. The Labute approximate surface area is 151 Å². The van der Waals surface area contributed by atoms with Crippen LogP contribution in [0.1, 0.15) is 0 Å². The van der Waals surface area contributed by atoms with Crippen molar-refractivity contribution in [3.8, 4) is 23.1 Å². The molecule has 1 amide bonds. The molecule has 26 heavy (non-hydrogen) atoms. The Bertz CT molecular complexity index is 999. The lowest BCUT2D eigenvalue weighted by molar-refractivity contribution is 0.190. The second-order valence-corrected chi connectivity index (χ2v) is 5.56. The van der Waals surface area contributed by atoms with Crippen LogP contribution >= 0.6 is 15.9 Å². The summed E-state index contributed by atoms with van der Waals surface area (Å²) in [4.78, 5) is 22.4. The zero-order valence-corrected chi connectivity index (χ0v) is 14.3. The molecule has 0 spiro atoms. The van der Waals surface area contributed by atoms with Gasteiger partial charge in [-0.3, -0.25) is 4.52 Å². The van der Waals surface area contributed by atoms with Crippen LogP contribution in [-0.4, -0.2) is 44.4 Å². The number of carboxylic acid groups (broad SMARTS) is 1. The van der Waals surface area contributed by atoms with Gasteiger partial charge in [0, 0.05) is 0 Å². The Kier molecular flexibility index (Phi) is 4.97. The first-order valence-corrected chi connectivity index (χ1v) is 7.73. The van der Waals surface area contributed by atoms with Crippen molar-refractivity contribution in [1.82, 2.24) is 25.4 Å². The maximum absolute atomic E-state index is 13.4. The van der Waals surface area contributed by atoms with Crippen LogP contribution in [0.3, 0.4) is 0 Å². The third kappa shape index (κ3) is 3.56. The SMILES string of the molecule is O=C(O)NCCOc1nonc1-c1noc(=O)n1-c1ccc(F)c(Br)c1. The van der Waals surface area contributed by atoms with Crippen molar-refractivity contribution < 1.29 is 28.2 Å². The fraction of sp³-hybridized carbons (Fsp3) is 0.154. The van der Waals surface area contributed by atoms with Gasteiger partial charge < -0.3 is 15.2 Å². The molecular formula is C13H9BrFN5O6. The summed E-state index contributed by atoms with van der Waals surface area (Å²) in [6.45, 7) is -0.0874. The van der Waals surface area contributed by atoms with E-state index >= 15 is 0 Å². The van der Waals surface area contributed by atoms with Crippen LogP contribution in [0.25, 0.3) is 17.2 Å². The third-order valence-corrected chi connectivity index (χ3v) is 3.66. The van der Waals surface area contributed by atoms with Crippen LogP contribution in [0.15, 0.2) is 36.6 Å². The van der Waals surface area contributed by atoms with E-state index < -0.39 is 17.7 Å². The van der Waals surface area contributed by atoms with Crippen LogP contribution < -0.4 is 15.8 Å². The molecule has 13 heteroatoms. The van der Waals surface area contributed by atoms with Crippen molar-refractivity contribution in [2.75, 3.05) is 13.2 Å².